The zero-order valence-electron chi connectivity index (χ0n) is 20.6. The Kier molecular flexibility index (Phi) is 6.51. The van der Waals surface area contributed by atoms with Crippen LogP contribution in [0.3, 0.4) is 0 Å². The molecule has 0 aliphatic carbocycles. The number of thiazole rings is 1. The molecule has 4 aromatic rings. The Labute approximate surface area is 233 Å². The number of nitrogens with zero attached hydrogens (tertiary/aromatic N) is 4. The number of nitrogens with two attached hydrogens (primary N) is 2. The number of halogens is 1. The first-order chi connectivity index (χ1) is 18.4. The molecule has 1 spiro atoms. The van der Waals surface area contributed by atoms with Gasteiger partial charge in [0.1, 0.15) is 27.1 Å². The SMILES string of the molecule is CC(=O)c1nc(Sc2cccc(-c3nccs3)c2Cl)c(N)nc1N1CCC2(CC1)Oc1ccccc1[C@H]2N. The van der Waals surface area contributed by atoms with Gasteiger partial charge in [-0.15, -0.1) is 11.3 Å². The van der Waals surface area contributed by atoms with E-state index in [9.17, 15) is 4.79 Å². The van der Waals surface area contributed by atoms with E-state index in [0.717, 1.165) is 26.8 Å². The molecule has 0 amide bonds. The van der Waals surface area contributed by atoms with Gasteiger partial charge in [-0.2, -0.15) is 0 Å². The number of carbonyl (C=O) groups is 1. The summed E-state index contributed by atoms with van der Waals surface area (Å²) in [6.07, 6.45) is 3.13. The maximum Gasteiger partial charge on any atom is 0.181 e. The lowest BCUT2D eigenvalue weighted by atomic mass is 9.83. The summed E-state index contributed by atoms with van der Waals surface area (Å²) < 4.78 is 6.37. The molecular weight excluding hydrogens is 540 g/mol. The number of hydrogen-bond acceptors (Lipinski definition) is 10. The highest BCUT2D eigenvalue weighted by atomic mass is 35.5. The van der Waals surface area contributed by atoms with Crippen molar-refractivity contribution in [3.63, 3.8) is 0 Å². The van der Waals surface area contributed by atoms with E-state index in [1.54, 1.807) is 6.20 Å². The molecule has 0 bridgehead atoms. The predicted molar refractivity (Wildman–Crippen MR) is 151 cm³/mol. The van der Waals surface area contributed by atoms with Crippen molar-refractivity contribution in [1.29, 1.82) is 0 Å². The van der Waals surface area contributed by atoms with Gasteiger partial charge < -0.3 is 21.1 Å². The Morgan fingerprint density at radius 1 is 1.18 bits per heavy atom. The smallest absolute Gasteiger partial charge is 0.181 e. The van der Waals surface area contributed by atoms with Gasteiger partial charge in [0.2, 0.25) is 0 Å². The van der Waals surface area contributed by atoms with Gasteiger partial charge in [-0.3, -0.25) is 4.79 Å². The standard InChI is InChI=1S/C27H25ClN6O2S2/c1-15(35)21-24(34-12-9-27(10-13-34)22(29)16-5-2-3-7-18(16)36-27)33-23(30)26(32-21)38-19-8-4-6-17(20(19)28)25-31-11-14-37-25/h2-8,11,14,22H,9-10,12-13,29H2,1H3,(H2,30,33)/t22-/m1/s1. The Morgan fingerprint density at radius 2 is 1.97 bits per heavy atom. The average molecular weight is 565 g/mol. The molecule has 1 atom stereocenters. The molecule has 8 nitrogen and oxygen atoms in total. The lowest BCUT2D eigenvalue weighted by Gasteiger charge is -2.41. The summed E-state index contributed by atoms with van der Waals surface area (Å²) in [6.45, 7) is 2.72. The predicted octanol–water partition coefficient (Wildman–Crippen LogP) is 5.62. The Morgan fingerprint density at radius 3 is 2.68 bits per heavy atom. The van der Waals surface area contributed by atoms with E-state index < -0.39 is 5.60 Å². The average Bonchev–Trinajstić information content (AvgIpc) is 3.54. The molecule has 1 fully saturated rings. The van der Waals surface area contributed by atoms with Crippen LogP contribution in [-0.2, 0) is 0 Å². The minimum atomic E-state index is -0.468. The Bertz CT molecular complexity index is 1520. The van der Waals surface area contributed by atoms with E-state index in [1.807, 2.05) is 47.8 Å². The van der Waals surface area contributed by atoms with E-state index >= 15 is 0 Å². The van der Waals surface area contributed by atoms with Crippen LogP contribution in [-0.4, -0.2) is 39.4 Å². The van der Waals surface area contributed by atoms with Crippen LogP contribution in [0.15, 0.2) is 64.0 Å². The number of nitrogen functional groups attached to an aromatic ring is 1. The minimum absolute atomic E-state index is 0.182. The molecule has 0 saturated carbocycles. The summed E-state index contributed by atoms with van der Waals surface area (Å²) in [7, 11) is 0. The highest BCUT2D eigenvalue weighted by molar-refractivity contribution is 7.99. The summed E-state index contributed by atoms with van der Waals surface area (Å²) in [6, 6.07) is 13.4. The first-order valence-corrected chi connectivity index (χ1v) is 14.3. The monoisotopic (exact) mass is 564 g/mol. The third kappa shape index (κ3) is 4.31. The lowest BCUT2D eigenvalue weighted by molar-refractivity contribution is 0.0430. The van der Waals surface area contributed by atoms with Crippen LogP contribution in [0.1, 0.15) is 41.9 Å². The van der Waals surface area contributed by atoms with Crippen molar-refractivity contribution >= 4 is 52.1 Å². The third-order valence-electron chi connectivity index (χ3n) is 7.08. The molecule has 6 rings (SSSR count). The fourth-order valence-corrected chi connectivity index (χ4v) is 6.98. The normalized spacial score (nSPS) is 17.9. The van der Waals surface area contributed by atoms with E-state index in [2.05, 4.69) is 19.9 Å². The highest BCUT2D eigenvalue weighted by Crippen LogP contribution is 2.47. The molecule has 4 heterocycles. The van der Waals surface area contributed by atoms with E-state index in [4.69, 9.17) is 27.8 Å². The van der Waals surface area contributed by atoms with Gasteiger partial charge in [0, 0.05) is 60.5 Å². The molecule has 194 valence electrons. The molecule has 2 aromatic heterocycles. The number of benzene rings is 2. The van der Waals surface area contributed by atoms with Gasteiger partial charge in [0.05, 0.1) is 11.1 Å². The molecule has 38 heavy (non-hydrogen) atoms. The van der Waals surface area contributed by atoms with Crippen molar-refractivity contribution in [2.45, 2.75) is 41.3 Å². The highest BCUT2D eigenvalue weighted by Gasteiger charge is 2.48. The van der Waals surface area contributed by atoms with Gasteiger partial charge in [-0.05, 0) is 12.1 Å². The second kappa shape index (κ2) is 9.85. The Balaban J connectivity index is 1.26. The first-order valence-electron chi connectivity index (χ1n) is 12.2. The number of rotatable bonds is 5. The van der Waals surface area contributed by atoms with Crippen molar-refractivity contribution in [3.05, 3.63) is 70.3 Å². The number of anilines is 2. The maximum absolute atomic E-state index is 12.7. The summed E-state index contributed by atoms with van der Waals surface area (Å²) in [5, 5.41) is 3.72. The molecule has 2 aliphatic rings. The first kappa shape index (κ1) is 25.1. The molecule has 0 radical (unpaired) electrons. The zero-order valence-corrected chi connectivity index (χ0v) is 22.9. The lowest BCUT2D eigenvalue weighted by Crippen LogP contribution is -2.52. The summed E-state index contributed by atoms with van der Waals surface area (Å²) >= 11 is 9.52. The van der Waals surface area contributed by atoms with Gasteiger partial charge in [0.15, 0.2) is 17.4 Å². The van der Waals surface area contributed by atoms with Gasteiger partial charge in [0.25, 0.3) is 0 Å². The topological polar surface area (TPSA) is 120 Å². The number of ether oxygens (including phenoxy) is 1. The number of aromatic nitrogens is 3. The Hall–Kier alpha value is -3.18. The van der Waals surface area contributed by atoms with E-state index in [1.165, 1.54) is 30.0 Å². The third-order valence-corrected chi connectivity index (χ3v) is 9.46. The number of piperidine rings is 1. The summed E-state index contributed by atoms with van der Waals surface area (Å²) in [5.41, 5.74) is 14.7. The fourth-order valence-electron chi connectivity index (χ4n) is 5.08. The molecule has 4 N–H and O–H groups in total. The second-order valence-corrected chi connectivity index (χ2v) is 11.7. The molecule has 1 saturated heterocycles. The quantitative estimate of drug-likeness (QED) is 0.297. The number of ketones is 1. The fraction of sp³-hybridized carbons (Fsp3) is 0.259. The largest absolute Gasteiger partial charge is 0.485 e. The van der Waals surface area contributed by atoms with Gasteiger partial charge in [-0.1, -0.05) is 53.7 Å². The second-order valence-electron chi connectivity index (χ2n) is 9.37. The van der Waals surface area contributed by atoms with Crippen molar-refractivity contribution < 1.29 is 9.53 Å². The van der Waals surface area contributed by atoms with Crippen LogP contribution in [0.2, 0.25) is 5.02 Å². The summed E-state index contributed by atoms with van der Waals surface area (Å²) in [4.78, 5) is 29.2. The van der Waals surface area contributed by atoms with Gasteiger partial charge >= 0.3 is 0 Å². The number of carbonyl (C=O) groups excluding carboxylic acids is 1. The van der Waals surface area contributed by atoms with Crippen molar-refractivity contribution in [2.75, 3.05) is 23.7 Å². The molecule has 0 unspecified atom stereocenters. The summed E-state index contributed by atoms with van der Waals surface area (Å²) in [5.74, 6) is 1.40. The van der Waals surface area contributed by atoms with Crippen molar-refractivity contribution in [3.8, 4) is 16.3 Å². The number of para-hydroxylation sites is 1. The van der Waals surface area contributed by atoms with Gasteiger partial charge in [-0.25, -0.2) is 15.0 Å². The minimum Gasteiger partial charge on any atom is -0.485 e. The molecule has 2 aromatic carbocycles. The van der Waals surface area contributed by atoms with Crippen molar-refractivity contribution in [2.24, 2.45) is 5.73 Å². The maximum atomic E-state index is 12.7. The number of Topliss-reactive ketones (excluding diaryl/α,β-unsaturated/α-hetero) is 1. The van der Waals surface area contributed by atoms with Crippen LogP contribution < -0.4 is 21.1 Å². The van der Waals surface area contributed by atoms with Crippen LogP contribution in [0.4, 0.5) is 11.6 Å². The van der Waals surface area contributed by atoms with E-state index in [0.29, 0.717) is 41.8 Å². The van der Waals surface area contributed by atoms with Crippen LogP contribution in [0.5, 0.6) is 5.75 Å². The molecular formula is C27H25ClN6O2S2. The van der Waals surface area contributed by atoms with Crippen LogP contribution in [0, 0.1) is 0 Å². The van der Waals surface area contributed by atoms with Crippen LogP contribution >= 0.6 is 34.7 Å². The molecule has 2 aliphatic heterocycles. The zero-order chi connectivity index (χ0) is 26.4. The number of fused-ring (bicyclic) bond motifs is 1. The van der Waals surface area contributed by atoms with E-state index in [-0.39, 0.29) is 23.3 Å². The van der Waals surface area contributed by atoms with Crippen LogP contribution in [0.25, 0.3) is 10.6 Å². The van der Waals surface area contributed by atoms with Crippen molar-refractivity contribution in [1.82, 2.24) is 15.0 Å². The molecule has 11 heteroatoms. The number of hydrogen-bond donors (Lipinski definition) is 2.